The van der Waals surface area contributed by atoms with Crippen molar-refractivity contribution in [3.8, 4) is 11.1 Å². The van der Waals surface area contributed by atoms with E-state index in [9.17, 15) is 5.11 Å². The molecular weight excluding hydrogens is 314 g/mol. The molecule has 0 spiro atoms. The van der Waals surface area contributed by atoms with E-state index in [4.69, 9.17) is 46.4 Å². The van der Waals surface area contributed by atoms with Crippen molar-refractivity contribution >= 4 is 46.4 Å². The van der Waals surface area contributed by atoms with Gasteiger partial charge < -0.3 is 5.11 Å². The highest BCUT2D eigenvalue weighted by molar-refractivity contribution is 6.45. The molecule has 0 aliphatic heterocycles. The zero-order valence-corrected chi connectivity index (χ0v) is 12.1. The van der Waals surface area contributed by atoms with Gasteiger partial charge in [-0.05, 0) is 17.7 Å². The minimum atomic E-state index is -0.140. The molecule has 0 unspecified atom stereocenters. The molecule has 0 aromatic heterocycles. The lowest BCUT2D eigenvalue weighted by molar-refractivity contribution is 0.282. The number of aliphatic hydroxyl groups excluding tert-OH is 1. The summed E-state index contributed by atoms with van der Waals surface area (Å²) in [4.78, 5) is 0. The third-order valence-electron chi connectivity index (χ3n) is 2.53. The summed E-state index contributed by atoms with van der Waals surface area (Å²) in [7, 11) is 0. The highest BCUT2D eigenvalue weighted by Crippen LogP contribution is 2.40. The highest BCUT2D eigenvalue weighted by Gasteiger charge is 2.13. The third kappa shape index (κ3) is 2.61. The number of hydrogen-bond acceptors (Lipinski definition) is 1. The molecule has 0 bridgehead atoms. The zero-order valence-electron chi connectivity index (χ0n) is 9.05. The second-order valence-electron chi connectivity index (χ2n) is 3.69. The maximum absolute atomic E-state index is 9.20. The van der Waals surface area contributed by atoms with E-state index in [2.05, 4.69) is 0 Å². The number of hydrogen-bond donors (Lipinski definition) is 1. The largest absolute Gasteiger partial charge is 0.392 e. The molecule has 2 rings (SSSR count). The van der Waals surface area contributed by atoms with Crippen LogP contribution in [-0.4, -0.2) is 5.11 Å². The van der Waals surface area contributed by atoms with Gasteiger partial charge in [0.25, 0.3) is 0 Å². The number of halogens is 4. The van der Waals surface area contributed by atoms with Crippen LogP contribution in [0.1, 0.15) is 5.56 Å². The van der Waals surface area contributed by atoms with Gasteiger partial charge in [-0.3, -0.25) is 0 Å². The van der Waals surface area contributed by atoms with Crippen molar-refractivity contribution in [1.29, 1.82) is 0 Å². The van der Waals surface area contributed by atoms with Crippen molar-refractivity contribution in [3.05, 3.63) is 56.0 Å². The van der Waals surface area contributed by atoms with Gasteiger partial charge in [-0.15, -0.1) is 0 Å². The van der Waals surface area contributed by atoms with Gasteiger partial charge >= 0.3 is 0 Å². The molecule has 5 heteroatoms. The van der Waals surface area contributed by atoms with E-state index in [0.29, 0.717) is 36.8 Å². The quantitative estimate of drug-likeness (QED) is 0.728. The zero-order chi connectivity index (χ0) is 13.3. The van der Waals surface area contributed by atoms with Crippen LogP contribution in [-0.2, 0) is 6.61 Å². The second kappa shape index (κ2) is 5.68. The lowest BCUT2D eigenvalue weighted by atomic mass is 10.0. The van der Waals surface area contributed by atoms with Gasteiger partial charge in [-0.1, -0.05) is 64.6 Å². The molecule has 2 aromatic rings. The molecule has 1 nitrogen and oxygen atoms in total. The Hall–Kier alpha value is -0.440. The summed E-state index contributed by atoms with van der Waals surface area (Å²) in [6, 6.07) is 8.59. The molecule has 1 N–H and O–H groups in total. The molecule has 0 aliphatic rings. The molecule has 94 valence electrons. The first-order valence-corrected chi connectivity index (χ1v) is 6.59. The van der Waals surface area contributed by atoms with Crippen molar-refractivity contribution in [1.82, 2.24) is 0 Å². The van der Waals surface area contributed by atoms with Gasteiger partial charge in [0.05, 0.1) is 21.7 Å². The summed E-state index contributed by atoms with van der Waals surface area (Å²) in [6.45, 7) is -0.140. The van der Waals surface area contributed by atoms with Crippen molar-refractivity contribution < 1.29 is 5.11 Å². The fourth-order valence-electron chi connectivity index (χ4n) is 1.66. The molecule has 0 fully saturated rings. The monoisotopic (exact) mass is 320 g/mol. The number of aliphatic hydroxyl groups is 1. The van der Waals surface area contributed by atoms with Crippen LogP contribution in [0.15, 0.2) is 30.3 Å². The van der Waals surface area contributed by atoms with Crippen molar-refractivity contribution in [3.63, 3.8) is 0 Å². The Kier molecular flexibility index (Phi) is 4.41. The van der Waals surface area contributed by atoms with E-state index >= 15 is 0 Å². The maximum atomic E-state index is 9.20. The summed E-state index contributed by atoms with van der Waals surface area (Å²) >= 11 is 24.3. The van der Waals surface area contributed by atoms with Gasteiger partial charge in [-0.25, -0.2) is 0 Å². The Morgan fingerprint density at radius 2 is 1.61 bits per heavy atom. The molecule has 0 radical (unpaired) electrons. The van der Waals surface area contributed by atoms with E-state index in [1.165, 1.54) is 0 Å². The van der Waals surface area contributed by atoms with Gasteiger partial charge in [-0.2, -0.15) is 0 Å². The summed E-state index contributed by atoms with van der Waals surface area (Å²) in [6.07, 6.45) is 0. The number of rotatable bonds is 2. The Balaban J connectivity index is 2.69. The van der Waals surface area contributed by atoms with E-state index in [1.54, 1.807) is 30.3 Å². The lowest BCUT2D eigenvalue weighted by Gasteiger charge is -2.11. The van der Waals surface area contributed by atoms with Gasteiger partial charge in [0, 0.05) is 16.1 Å². The van der Waals surface area contributed by atoms with Crippen molar-refractivity contribution in [2.24, 2.45) is 0 Å². The van der Waals surface area contributed by atoms with Crippen LogP contribution in [0.25, 0.3) is 11.1 Å². The van der Waals surface area contributed by atoms with Crippen LogP contribution in [0.5, 0.6) is 0 Å². The van der Waals surface area contributed by atoms with Crippen LogP contribution < -0.4 is 0 Å². The summed E-state index contributed by atoms with van der Waals surface area (Å²) in [5, 5.41) is 10.9. The summed E-state index contributed by atoms with van der Waals surface area (Å²) < 4.78 is 0. The SMILES string of the molecule is OCc1cccc(-c2cc(Cl)cc(Cl)c2Cl)c1Cl. The molecule has 0 atom stereocenters. The molecule has 2 aromatic carbocycles. The first-order valence-electron chi connectivity index (χ1n) is 5.07. The minimum Gasteiger partial charge on any atom is -0.392 e. The predicted octanol–water partition coefficient (Wildman–Crippen LogP) is 5.46. The number of benzene rings is 2. The Morgan fingerprint density at radius 1 is 0.889 bits per heavy atom. The molecular formula is C13H8Cl4O. The second-order valence-corrected chi connectivity index (χ2v) is 5.29. The first-order chi connectivity index (χ1) is 8.54. The first kappa shape index (κ1) is 14.0. The summed E-state index contributed by atoms with van der Waals surface area (Å²) in [5.74, 6) is 0. The fourth-order valence-corrected chi connectivity index (χ4v) is 2.65. The maximum Gasteiger partial charge on any atom is 0.0696 e. The van der Waals surface area contributed by atoms with Crippen LogP contribution in [0, 0.1) is 0 Å². The van der Waals surface area contributed by atoms with Crippen LogP contribution in [0.4, 0.5) is 0 Å². The molecule has 0 aliphatic carbocycles. The van der Waals surface area contributed by atoms with Crippen LogP contribution >= 0.6 is 46.4 Å². The summed E-state index contributed by atoms with van der Waals surface area (Å²) in [5.41, 5.74) is 1.97. The highest BCUT2D eigenvalue weighted by atomic mass is 35.5. The molecule has 0 heterocycles. The van der Waals surface area contributed by atoms with Gasteiger partial charge in [0.15, 0.2) is 0 Å². The normalized spacial score (nSPS) is 10.7. The predicted molar refractivity (Wildman–Crippen MR) is 77.8 cm³/mol. The minimum absolute atomic E-state index is 0.140. The van der Waals surface area contributed by atoms with E-state index in [1.807, 2.05) is 0 Å². The molecule has 0 saturated heterocycles. The molecule has 0 saturated carbocycles. The van der Waals surface area contributed by atoms with Gasteiger partial charge in [0.1, 0.15) is 0 Å². The van der Waals surface area contributed by atoms with Crippen LogP contribution in [0.2, 0.25) is 20.1 Å². The average Bonchev–Trinajstić information content (AvgIpc) is 2.34. The standard InChI is InChI=1S/C13H8Cl4O/c14-8-4-10(13(17)11(15)5-8)9-3-1-2-7(6-18)12(9)16/h1-5,18H,6H2. The lowest BCUT2D eigenvalue weighted by Crippen LogP contribution is -1.89. The Morgan fingerprint density at radius 3 is 2.28 bits per heavy atom. The van der Waals surface area contributed by atoms with E-state index in [-0.39, 0.29) is 6.61 Å². The topological polar surface area (TPSA) is 20.2 Å². The fraction of sp³-hybridized carbons (Fsp3) is 0.0769. The smallest absolute Gasteiger partial charge is 0.0696 e. The van der Waals surface area contributed by atoms with Gasteiger partial charge in [0.2, 0.25) is 0 Å². The Labute approximate surface area is 125 Å². The average molecular weight is 322 g/mol. The van der Waals surface area contributed by atoms with Crippen molar-refractivity contribution in [2.75, 3.05) is 0 Å². The van der Waals surface area contributed by atoms with E-state index < -0.39 is 0 Å². The molecule has 0 amide bonds. The van der Waals surface area contributed by atoms with Crippen LogP contribution in [0.3, 0.4) is 0 Å². The molecule has 18 heavy (non-hydrogen) atoms. The third-order valence-corrected chi connectivity index (χ3v) is 4.00. The van der Waals surface area contributed by atoms with Crippen molar-refractivity contribution in [2.45, 2.75) is 6.61 Å². The van der Waals surface area contributed by atoms with E-state index in [0.717, 1.165) is 0 Å². The Bertz CT molecular complexity index is 596.